The van der Waals surface area contributed by atoms with Gasteiger partial charge in [0.25, 0.3) is 0 Å². The van der Waals surface area contributed by atoms with E-state index >= 15 is 0 Å². The predicted octanol–water partition coefficient (Wildman–Crippen LogP) is 2.86. The van der Waals surface area contributed by atoms with E-state index in [2.05, 4.69) is 41.4 Å². The Hall–Kier alpha value is -1.10. The highest BCUT2D eigenvalue weighted by atomic mass is 16.5. The molecule has 1 rings (SSSR count). The molecule has 0 saturated heterocycles. The van der Waals surface area contributed by atoms with Crippen molar-refractivity contribution in [3.8, 4) is 0 Å². The lowest BCUT2D eigenvalue weighted by atomic mass is 10.2. The molecule has 0 aromatic heterocycles. The summed E-state index contributed by atoms with van der Waals surface area (Å²) in [7, 11) is 0. The maximum atomic E-state index is 5.48. The van der Waals surface area contributed by atoms with Crippen LogP contribution in [0, 0.1) is 0 Å². The first-order chi connectivity index (χ1) is 10.3. The molecule has 0 saturated carbocycles. The van der Waals surface area contributed by atoms with Gasteiger partial charge in [0, 0.05) is 44.6 Å². The van der Waals surface area contributed by atoms with Crippen molar-refractivity contribution >= 4 is 5.69 Å². The maximum absolute atomic E-state index is 5.48. The Balaban J connectivity index is 2.38. The van der Waals surface area contributed by atoms with Gasteiger partial charge in [0.2, 0.25) is 0 Å². The van der Waals surface area contributed by atoms with E-state index in [1.165, 1.54) is 5.69 Å². The fourth-order valence-corrected chi connectivity index (χ4v) is 2.16. The molecule has 0 aliphatic heterocycles. The van der Waals surface area contributed by atoms with E-state index < -0.39 is 0 Å². The van der Waals surface area contributed by atoms with E-state index in [0.29, 0.717) is 6.04 Å². The van der Waals surface area contributed by atoms with Gasteiger partial charge in [-0.25, -0.2) is 0 Å². The third-order valence-corrected chi connectivity index (χ3v) is 3.45. The molecule has 1 aromatic rings. The first-order valence-electron chi connectivity index (χ1n) is 7.96. The van der Waals surface area contributed by atoms with Gasteiger partial charge in [0.1, 0.15) is 0 Å². The SMILES string of the molecule is CCOCCN(CCOCC)C(C)CNc1ccccc1. The second kappa shape index (κ2) is 11.5. The monoisotopic (exact) mass is 294 g/mol. The van der Waals surface area contributed by atoms with Crippen molar-refractivity contribution in [3.05, 3.63) is 30.3 Å². The Kier molecular flexibility index (Phi) is 9.87. The minimum Gasteiger partial charge on any atom is -0.383 e. The molecule has 0 radical (unpaired) electrons. The first kappa shape index (κ1) is 18.0. The van der Waals surface area contributed by atoms with E-state index in [4.69, 9.17) is 9.47 Å². The number of nitrogens with zero attached hydrogens (tertiary/aromatic N) is 1. The van der Waals surface area contributed by atoms with Crippen molar-refractivity contribution in [2.24, 2.45) is 0 Å². The van der Waals surface area contributed by atoms with Gasteiger partial charge in [0.05, 0.1) is 13.2 Å². The number of hydrogen-bond donors (Lipinski definition) is 1. The Morgan fingerprint density at radius 3 is 2.10 bits per heavy atom. The van der Waals surface area contributed by atoms with Crippen LogP contribution in [0.2, 0.25) is 0 Å². The summed E-state index contributed by atoms with van der Waals surface area (Å²) < 4.78 is 11.0. The Bertz CT molecular complexity index is 336. The predicted molar refractivity (Wildman–Crippen MR) is 89.0 cm³/mol. The second-order valence-corrected chi connectivity index (χ2v) is 5.03. The standard InChI is InChI=1S/C17H30N2O2/c1-4-20-13-11-19(12-14-21-5-2)16(3)15-18-17-9-7-6-8-10-17/h6-10,16,18H,4-5,11-15H2,1-3H3. The fraction of sp³-hybridized carbons (Fsp3) is 0.647. The van der Waals surface area contributed by atoms with Gasteiger partial charge in [-0.2, -0.15) is 0 Å². The fourth-order valence-electron chi connectivity index (χ4n) is 2.16. The summed E-state index contributed by atoms with van der Waals surface area (Å²) in [5, 5.41) is 3.48. The topological polar surface area (TPSA) is 33.7 Å². The van der Waals surface area contributed by atoms with E-state index in [1.54, 1.807) is 0 Å². The molecule has 0 fully saturated rings. The molecular formula is C17H30N2O2. The molecule has 4 heteroatoms. The molecule has 1 N–H and O–H groups in total. The average Bonchev–Trinajstić information content (AvgIpc) is 2.52. The molecule has 0 bridgehead atoms. The number of anilines is 1. The average molecular weight is 294 g/mol. The molecule has 0 aliphatic carbocycles. The largest absolute Gasteiger partial charge is 0.383 e. The molecule has 0 amide bonds. The highest BCUT2D eigenvalue weighted by Crippen LogP contribution is 2.07. The molecule has 4 nitrogen and oxygen atoms in total. The molecule has 21 heavy (non-hydrogen) atoms. The van der Waals surface area contributed by atoms with E-state index in [0.717, 1.165) is 46.1 Å². The van der Waals surface area contributed by atoms with Gasteiger partial charge in [-0.15, -0.1) is 0 Å². The van der Waals surface area contributed by atoms with Gasteiger partial charge in [-0.05, 0) is 32.9 Å². The van der Waals surface area contributed by atoms with E-state index in [1.807, 2.05) is 19.9 Å². The van der Waals surface area contributed by atoms with Crippen LogP contribution in [0.15, 0.2) is 30.3 Å². The third-order valence-electron chi connectivity index (χ3n) is 3.45. The summed E-state index contributed by atoms with van der Waals surface area (Å²) in [6, 6.07) is 10.8. The van der Waals surface area contributed by atoms with Crippen molar-refractivity contribution in [1.82, 2.24) is 4.90 Å². The van der Waals surface area contributed by atoms with Crippen LogP contribution in [0.4, 0.5) is 5.69 Å². The quantitative estimate of drug-likeness (QED) is 0.601. The number of rotatable bonds is 12. The van der Waals surface area contributed by atoms with Gasteiger partial charge in [-0.3, -0.25) is 4.90 Å². The summed E-state index contributed by atoms with van der Waals surface area (Å²) in [5.41, 5.74) is 1.17. The second-order valence-electron chi connectivity index (χ2n) is 5.03. The molecule has 0 spiro atoms. The van der Waals surface area contributed by atoms with Crippen molar-refractivity contribution in [2.45, 2.75) is 26.8 Å². The van der Waals surface area contributed by atoms with Crippen LogP contribution in [-0.2, 0) is 9.47 Å². The lowest BCUT2D eigenvalue weighted by Gasteiger charge is -2.29. The summed E-state index contributed by atoms with van der Waals surface area (Å²) in [5.74, 6) is 0. The Morgan fingerprint density at radius 2 is 1.57 bits per heavy atom. The van der Waals surface area contributed by atoms with Crippen molar-refractivity contribution < 1.29 is 9.47 Å². The zero-order chi connectivity index (χ0) is 15.3. The molecule has 120 valence electrons. The number of hydrogen-bond acceptors (Lipinski definition) is 4. The normalized spacial score (nSPS) is 12.6. The van der Waals surface area contributed by atoms with Crippen LogP contribution >= 0.6 is 0 Å². The highest BCUT2D eigenvalue weighted by Gasteiger charge is 2.13. The number of benzene rings is 1. The summed E-state index contributed by atoms with van der Waals surface area (Å²) in [6.07, 6.45) is 0. The molecule has 1 unspecified atom stereocenters. The zero-order valence-electron chi connectivity index (χ0n) is 13.7. The molecule has 0 aliphatic rings. The first-order valence-corrected chi connectivity index (χ1v) is 7.96. The summed E-state index contributed by atoms with van der Waals surface area (Å²) >= 11 is 0. The van der Waals surface area contributed by atoms with Crippen molar-refractivity contribution in [2.75, 3.05) is 51.4 Å². The number of ether oxygens (including phenoxy) is 2. The summed E-state index contributed by atoms with van der Waals surface area (Å²) in [6.45, 7) is 12.2. The molecular weight excluding hydrogens is 264 g/mol. The van der Waals surface area contributed by atoms with Crippen LogP contribution in [0.25, 0.3) is 0 Å². The minimum absolute atomic E-state index is 0.436. The number of nitrogens with one attached hydrogen (secondary N) is 1. The minimum atomic E-state index is 0.436. The number of para-hydroxylation sites is 1. The highest BCUT2D eigenvalue weighted by molar-refractivity contribution is 5.42. The zero-order valence-corrected chi connectivity index (χ0v) is 13.7. The van der Waals surface area contributed by atoms with Crippen LogP contribution in [0.1, 0.15) is 20.8 Å². The molecule has 1 aromatic carbocycles. The van der Waals surface area contributed by atoms with Crippen LogP contribution in [0.3, 0.4) is 0 Å². The summed E-state index contributed by atoms with van der Waals surface area (Å²) in [4.78, 5) is 2.42. The smallest absolute Gasteiger partial charge is 0.0593 e. The van der Waals surface area contributed by atoms with Gasteiger partial charge < -0.3 is 14.8 Å². The Labute approximate surface area is 129 Å². The van der Waals surface area contributed by atoms with Gasteiger partial charge in [-0.1, -0.05) is 18.2 Å². The molecule has 0 heterocycles. The lowest BCUT2D eigenvalue weighted by Crippen LogP contribution is -2.42. The Morgan fingerprint density at radius 1 is 1.00 bits per heavy atom. The third kappa shape index (κ3) is 8.05. The lowest BCUT2D eigenvalue weighted by molar-refractivity contribution is 0.0687. The van der Waals surface area contributed by atoms with Gasteiger partial charge >= 0.3 is 0 Å². The maximum Gasteiger partial charge on any atom is 0.0593 e. The van der Waals surface area contributed by atoms with Crippen molar-refractivity contribution in [1.29, 1.82) is 0 Å². The van der Waals surface area contributed by atoms with Crippen LogP contribution in [-0.4, -0.2) is 57.0 Å². The molecule has 1 atom stereocenters. The van der Waals surface area contributed by atoms with Gasteiger partial charge in [0.15, 0.2) is 0 Å². The van der Waals surface area contributed by atoms with Crippen LogP contribution in [0.5, 0.6) is 0 Å². The van der Waals surface area contributed by atoms with E-state index in [-0.39, 0.29) is 0 Å². The van der Waals surface area contributed by atoms with Crippen LogP contribution < -0.4 is 5.32 Å². The van der Waals surface area contributed by atoms with Crippen molar-refractivity contribution in [3.63, 3.8) is 0 Å². The van der Waals surface area contributed by atoms with E-state index in [9.17, 15) is 0 Å².